The van der Waals surface area contributed by atoms with Gasteiger partial charge in [-0.1, -0.05) is 6.92 Å². The van der Waals surface area contributed by atoms with Crippen molar-refractivity contribution in [3.63, 3.8) is 0 Å². The van der Waals surface area contributed by atoms with Gasteiger partial charge >= 0.3 is 0 Å². The average molecular weight is 492 g/mol. The van der Waals surface area contributed by atoms with E-state index in [1.165, 1.54) is 12.1 Å². The lowest BCUT2D eigenvalue weighted by molar-refractivity contribution is -0.0172. The highest BCUT2D eigenvalue weighted by Crippen LogP contribution is 2.29. The smallest absolute Gasteiger partial charge is 0.191 e. The van der Waals surface area contributed by atoms with Gasteiger partial charge in [-0.05, 0) is 31.9 Å². The Kier molecular flexibility index (Phi) is 8.11. The number of fused-ring (bicyclic) bond motifs is 1. The number of nitrogens with zero attached hydrogens (tertiary/aromatic N) is 2. The van der Waals surface area contributed by atoms with Gasteiger partial charge in [-0.2, -0.15) is 0 Å². The molecule has 6 nitrogen and oxygen atoms in total. The van der Waals surface area contributed by atoms with Gasteiger partial charge in [0.15, 0.2) is 12.8 Å². The molecule has 2 unspecified atom stereocenters. The molecular weight excluding hydrogens is 462 g/mol. The number of likely N-dealkylation sites (tertiary alicyclic amines) is 1. The summed E-state index contributed by atoms with van der Waals surface area (Å²) in [6.45, 7) is 9.78. The van der Waals surface area contributed by atoms with Crippen LogP contribution in [0.4, 0.5) is 4.39 Å². The number of guanidine groups is 1. The van der Waals surface area contributed by atoms with Gasteiger partial charge in [0, 0.05) is 49.9 Å². The van der Waals surface area contributed by atoms with Crippen LogP contribution in [0, 0.1) is 11.7 Å². The van der Waals surface area contributed by atoms with E-state index >= 15 is 0 Å². The van der Waals surface area contributed by atoms with Crippen molar-refractivity contribution in [1.29, 1.82) is 0 Å². The molecule has 0 aromatic heterocycles. The molecule has 0 aliphatic carbocycles. The summed E-state index contributed by atoms with van der Waals surface area (Å²) in [4.78, 5) is 6.79. The third-order valence-electron chi connectivity index (χ3n) is 5.11. The SMILES string of the molecule is CN=C(NCc1cc(F)cc2c1OCOC2)NC1CN(C(C)C)CC1C.I. The first-order valence-electron chi connectivity index (χ1n) is 9.21. The fourth-order valence-electron chi connectivity index (χ4n) is 3.55. The minimum absolute atomic E-state index is 0. The predicted octanol–water partition coefficient (Wildman–Crippen LogP) is 2.70. The lowest BCUT2D eigenvalue weighted by Gasteiger charge is -2.23. The van der Waals surface area contributed by atoms with Crippen molar-refractivity contribution in [1.82, 2.24) is 15.5 Å². The molecule has 1 saturated heterocycles. The number of hydrogen-bond acceptors (Lipinski definition) is 4. The van der Waals surface area contributed by atoms with E-state index in [4.69, 9.17) is 9.47 Å². The molecule has 2 N–H and O–H groups in total. The molecule has 2 aliphatic rings. The summed E-state index contributed by atoms with van der Waals surface area (Å²) in [6.07, 6.45) is 0. The van der Waals surface area contributed by atoms with Crippen LogP contribution in [0.2, 0.25) is 0 Å². The fourth-order valence-corrected chi connectivity index (χ4v) is 3.55. The normalized spacial score (nSPS) is 22.8. The molecule has 0 radical (unpaired) electrons. The molecule has 0 amide bonds. The third kappa shape index (κ3) is 5.45. The monoisotopic (exact) mass is 492 g/mol. The van der Waals surface area contributed by atoms with Gasteiger partial charge in [0.1, 0.15) is 11.6 Å². The second-order valence-electron chi connectivity index (χ2n) is 7.37. The maximum Gasteiger partial charge on any atom is 0.191 e. The topological polar surface area (TPSA) is 58.1 Å². The largest absolute Gasteiger partial charge is 0.467 e. The maximum atomic E-state index is 13.9. The Morgan fingerprint density at radius 2 is 2.15 bits per heavy atom. The summed E-state index contributed by atoms with van der Waals surface area (Å²) < 4.78 is 24.7. The summed E-state index contributed by atoms with van der Waals surface area (Å²) in [5.41, 5.74) is 1.52. The van der Waals surface area contributed by atoms with Gasteiger partial charge in [0.05, 0.1) is 6.61 Å². The number of benzene rings is 1. The summed E-state index contributed by atoms with van der Waals surface area (Å²) in [6, 6.07) is 3.85. The first-order chi connectivity index (χ1) is 12.5. The van der Waals surface area contributed by atoms with Gasteiger partial charge in [-0.25, -0.2) is 4.39 Å². The van der Waals surface area contributed by atoms with E-state index in [0.717, 1.165) is 30.2 Å². The molecule has 0 spiro atoms. The summed E-state index contributed by atoms with van der Waals surface area (Å²) in [5.74, 6) is 1.69. The van der Waals surface area contributed by atoms with E-state index in [2.05, 4.69) is 41.3 Å². The van der Waals surface area contributed by atoms with Gasteiger partial charge in [-0.3, -0.25) is 9.89 Å². The minimum atomic E-state index is -0.283. The second-order valence-corrected chi connectivity index (χ2v) is 7.37. The number of ether oxygens (including phenoxy) is 2. The molecule has 0 saturated carbocycles. The lowest BCUT2D eigenvalue weighted by Crippen LogP contribution is -2.46. The van der Waals surface area contributed by atoms with Crippen molar-refractivity contribution < 1.29 is 13.9 Å². The van der Waals surface area contributed by atoms with Crippen molar-refractivity contribution in [2.45, 2.75) is 46.0 Å². The van der Waals surface area contributed by atoms with Crippen LogP contribution >= 0.6 is 24.0 Å². The number of hydrogen-bond donors (Lipinski definition) is 2. The van der Waals surface area contributed by atoms with E-state index in [9.17, 15) is 4.39 Å². The number of nitrogens with one attached hydrogen (secondary N) is 2. The molecule has 1 aromatic rings. The molecular formula is C19H30FIN4O2. The summed E-state index contributed by atoms with van der Waals surface area (Å²) >= 11 is 0. The van der Waals surface area contributed by atoms with Crippen molar-refractivity contribution in [2.75, 3.05) is 26.9 Å². The number of rotatable bonds is 4. The van der Waals surface area contributed by atoms with Crippen LogP contribution in [0.3, 0.4) is 0 Å². The van der Waals surface area contributed by atoms with Crippen LogP contribution in [0.25, 0.3) is 0 Å². The molecule has 1 aromatic carbocycles. The lowest BCUT2D eigenvalue weighted by atomic mass is 10.1. The molecule has 3 rings (SSSR count). The average Bonchev–Trinajstić information content (AvgIpc) is 2.99. The number of aliphatic imine (C=N–C) groups is 1. The Balaban J connectivity index is 0.00000261. The Bertz CT molecular complexity index is 671. The standard InChI is InChI=1S/C19H29FN4O2.HI/c1-12(2)24-8-13(3)17(9-24)23-19(21-4)22-7-14-5-16(20)6-15-10-25-11-26-18(14)15;/h5-6,12-13,17H,7-11H2,1-4H3,(H2,21,22,23);1H. The van der Waals surface area contributed by atoms with E-state index < -0.39 is 0 Å². The Hall–Kier alpha value is -1.13. The van der Waals surface area contributed by atoms with E-state index in [0.29, 0.717) is 36.9 Å². The highest BCUT2D eigenvalue weighted by atomic mass is 127. The van der Waals surface area contributed by atoms with Crippen molar-refractivity contribution >= 4 is 29.9 Å². The molecule has 27 heavy (non-hydrogen) atoms. The van der Waals surface area contributed by atoms with Crippen LogP contribution in [0.1, 0.15) is 31.9 Å². The van der Waals surface area contributed by atoms with Crippen LogP contribution in [0.5, 0.6) is 5.75 Å². The summed E-state index contributed by atoms with van der Waals surface area (Å²) in [7, 11) is 1.75. The van der Waals surface area contributed by atoms with Gasteiger partial charge in [0.25, 0.3) is 0 Å². The zero-order chi connectivity index (χ0) is 18.7. The van der Waals surface area contributed by atoms with Crippen LogP contribution in [-0.2, 0) is 17.9 Å². The first-order valence-corrected chi connectivity index (χ1v) is 9.21. The van der Waals surface area contributed by atoms with Crippen LogP contribution in [0.15, 0.2) is 17.1 Å². The van der Waals surface area contributed by atoms with E-state index in [-0.39, 0.29) is 36.6 Å². The van der Waals surface area contributed by atoms with Gasteiger partial charge < -0.3 is 20.1 Å². The second kappa shape index (κ2) is 9.88. The fraction of sp³-hybridized carbons (Fsp3) is 0.632. The number of halogens is 2. The van der Waals surface area contributed by atoms with Crippen LogP contribution < -0.4 is 15.4 Å². The van der Waals surface area contributed by atoms with Crippen LogP contribution in [-0.4, -0.2) is 49.9 Å². The molecule has 8 heteroatoms. The molecule has 2 heterocycles. The van der Waals surface area contributed by atoms with Crippen molar-refractivity contribution in [3.05, 3.63) is 29.1 Å². The van der Waals surface area contributed by atoms with Crippen molar-refractivity contribution in [2.24, 2.45) is 10.9 Å². The van der Waals surface area contributed by atoms with E-state index in [1.807, 2.05) is 0 Å². The Labute approximate surface area is 177 Å². The third-order valence-corrected chi connectivity index (χ3v) is 5.11. The van der Waals surface area contributed by atoms with E-state index in [1.54, 1.807) is 7.05 Å². The Morgan fingerprint density at radius 3 is 2.81 bits per heavy atom. The zero-order valence-electron chi connectivity index (χ0n) is 16.4. The molecule has 1 fully saturated rings. The summed E-state index contributed by atoms with van der Waals surface area (Å²) in [5, 5.41) is 6.79. The Morgan fingerprint density at radius 1 is 1.37 bits per heavy atom. The van der Waals surface area contributed by atoms with Gasteiger partial charge in [0.2, 0.25) is 0 Å². The predicted molar refractivity (Wildman–Crippen MR) is 115 cm³/mol. The molecule has 2 aliphatic heterocycles. The highest BCUT2D eigenvalue weighted by molar-refractivity contribution is 14.0. The molecule has 0 bridgehead atoms. The van der Waals surface area contributed by atoms with Crippen molar-refractivity contribution in [3.8, 4) is 5.75 Å². The first kappa shape index (κ1) is 22.2. The quantitative estimate of drug-likeness (QED) is 0.385. The molecule has 152 valence electrons. The maximum absolute atomic E-state index is 13.9. The van der Waals surface area contributed by atoms with Gasteiger partial charge in [-0.15, -0.1) is 24.0 Å². The minimum Gasteiger partial charge on any atom is -0.467 e. The molecule has 2 atom stereocenters. The zero-order valence-corrected chi connectivity index (χ0v) is 18.7. The highest BCUT2D eigenvalue weighted by Gasteiger charge is 2.31.